The first-order valence-electron chi connectivity index (χ1n) is 4.57. The summed E-state index contributed by atoms with van der Waals surface area (Å²) >= 11 is 0. The van der Waals surface area contributed by atoms with E-state index in [0.29, 0.717) is 5.56 Å². The standard InChI is InChI=1S/C9H12BF3NO.K/c1-9(2,15)7-3-4-14-8(5-7)6-10(11,12)13;/h3-5,15H,6H2,1-2H3;/q-1;+1. The van der Waals surface area contributed by atoms with Crippen molar-refractivity contribution in [3.63, 3.8) is 0 Å². The zero-order valence-corrected chi connectivity index (χ0v) is 12.7. The van der Waals surface area contributed by atoms with E-state index in [-0.39, 0.29) is 57.1 Å². The maximum atomic E-state index is 12.1. The van der Waals surface area contributed by atoms with Crippen LogP contribution in [-0.2, 0) is 11.9 Å². The molecule has 0 atom stereocenters. The largest absolute Gasteiger partial charge is 1.00 e. The normalized spacial score (nSPS) is 12.1. The summed E-state index contributed by atoms with van der Waals surface area (Å²) in [6.07, 6.45) is 0.272. The number of pyridine rings is 1. The topological polar surface area (TPSA) is 33.1 Å². The molecule has 0 unspecified atom stereocenters. The van der Waals surface area contributed by atoms with Gasteiger partial charge in [-0.2, -0.15) is 0 Å². The van der Waals surface area contributed by atoms with Crippen LogP contribution in [0, 0.1) is 0 Å². The van der Waals surface area contributed by atoms with Crippen molar-refractivity contribution < 1.29 is 69.4 Å². The molecule has 84 valence electrons. The Morgan fingerprint density at radius 3 is 2.38 bits per heavy atom. The van der Waals surface area contributed by atoms with Crippen molar-refractivity contribution in [1.29, 1.82) is 0 Å². The van der Waals surface area contributed by atoms with Gasteiger partial charge in [-0.05, 0) is 37.9 Å². The summed E-state index contributed by atoms with van der Waals surface area (Å²) in [5.74, 6) is 0. The van der Waals surface area contributed by atoms with Gasteiger partial charge in [0.25, 0.3) is 0 Å². The number of rotatable bonds is 3. The van der Waals surface area contributed by atoms with E-state index in [2.05, 4.69) is 4.98 Å². The van der Waals surface area contributed by atoms with Crippen LogP contribution < -0.4 is 51.4 Å². The monoisotopic (exact) mass is 257 g/mol. The predicted octanol–water partition coefficient (Wildman–Crippen LogP) is -0.758. The Kier molecular flexibility index (Phi) is 6.20. The molecule has 0 radical (unpaired) electrons. The Hall–Kier alpha value is 0.601. The van der Waals surface area contributed by atoms with Crippen LogP contribution in [0.5, 0.6) is 0 Å². The molecule has 0 fully saturated rings. The summed E-state index contributed by atoms with van der Waals surface area (Å²) < 4.78 is 36.4. The van der Waals surface area contributed by atoms with E-state index in [1.807, 2.05) is 0 Å². The number of aromatic nitrogens is 1. The third-order valence-electron chi connectivity index (χ3n) is 1.96. The summed E-state index contributed by atoms with van der Waals surface area (Å²) in [6.45, 7) is -1.84. The molecule has 2 nitrogen and oxygen atoms in total. The van der Waals surface area contributed by atoms with Crippen LogP contribution >= 0.6 is 0 Å². The molecule has 1 N–H and O–H groups in total. The Bertz CT molecular complexity index is 351. The molecule has 0 amide bonds. The van der Waals surface area contributed by atoms with E-state index in [4.69, 9.17) is 0 Å². The van der Waals surface area contributed by atoms with E-state index < -0.39 is 18.9 Å². The van der Waals surface area contributed by atoms with Gasteiger partial charge in [0.05, 0.1) is 5.60 Å². The van der Waals surface area contributed by atoms with Crippen molar-refractivity contribution in [2.45, 2.75) is 25.8 Å². The molecule has 0 spiro atoms. The Labute approximate surface area is 135 Å². The molecule has 0 aromatic carbocycles. The maximum Gasteiger partial charge on any atom is 1.00 e. The Balaban J connectivity index is 0.00000225. The first kappa shape index (κ1) is 16.6. The molecule has 7 heteroatoms. The number of halogens is 3. The Morgan fingerprint density at radius 1 is 1.38 bits per heavy atom. The van der Waals surface area contributed by atoms with E-state index in [1.165, 1.54) is 32.2 Å². The molecule has 0 aliphatic heterocycles. The van der Waals surface area contributed by atoms with E-state index in [1.54, 1.807) is 0 Å². The smallest absolute Gasteiger partial charge is 0.449 e. The van der Waals surface area contributed by atoms with Crippen molar-refractivity contribution >= 4 is 6.98 Å². The first-order chi connectivity index (χ1) is 6.68. The fraction of sp³-hybridized carbons (Fsp3) is 0.444. The van der Waals surface area contributed by atoms with Gasteiger partial charge >= 0.3 is 58.4 Å². The molecule has 16 heavy (non-hydrogen) atoms. The zero-order valence-electron chi connectivity index (χ0n) is 9.54. The van der Waals surface area contributed by atoms with Crippen LogP contribution in [-0.4, -0.2) is 17.1 Å². The van der Waals surface area contributed by atoms with Crippen LogP contribution in [0.25, 0.3) is 0 Å². The van der Waals surface area contributed by atoms with Crippen molar-refractivity contribution in [2.24, 2.45) is 0 Å². The number of hydrogen-bond acceptors (Lipinski definition) is 2. The van der Waals surface area contributed by atoms with Crippen molar-refractivity contribution in [2.75, 3.05) is 0 Å². The van der Waals surface area contributed by atoms with Crippen molar-refractivity contribution in [3.05, 3.63) is 29.6 Å². The maximum absolute atomic E-state index is 12.1. The molecule has 1 aromatic heterocycles. The SMILES string of the molecule is CC(C)(O)c1ccnc(C[B-](F)(F)F)c1.[K+]. The number of aliphatic hydroxyl groups is 1. The average molecular weight is 257 g/mol. The fourth-order valence-electron chi connectivity index (χ4n) is 1.21. The van der Waals surface area contributed by atoms with Crippen LogP contribution in [0.3, 0.4) is 0 Å². The predicted molar refractivity (Wildman–Crippen MR) is 52.3 cm³/mol. The molecule has 0 saturated carbocycles. The molecule has 0 aliphatic rings. The van der Waals surface area contributed by atoms with Gasteiger partial charge in [-0.25, -0.2) is 0 Å². The van der Waals surface area contributed by atoms with Crippen LogP contribution in [0.15, 0.2) is 18.3 Å². The van der Waals surface area contributed by atoms with Crippen molar-refractivity contribution in [1.82, 2.24) is 4.98 Å². The van der Waals surface area contributed by atoms with E-state index in [0.717, 1.165) is 0 Å². The molecule has 0 saturated heterocycles. The molecule has 1 heterocycles. The van der Waals surface area contributed by atoms with Gasteiger partial charge in [-0.3, -0.25) is 4.98 Å². The summed E-state index contributed by atoms with van der Waals surface area (Å²) in [5, 5.41) is 9.61. The Morgan fingerprint density at radius 2 is 1.94 bits per heavy atom. The van der Waals surface area contributed by atoms with Gasteiger partial charge in [0.15, 0.2) is 0 Å². The second-order valence-electron chi connectivity index (χ2n) is 4.01. The molecule has 0 aliphatic carbocycles. The van der Waals surface area contributed by atoms with Gasteiger partial charge in [0.2, 0.25) is 0 Å². The van der Waals surface area contributed by atoms with Crippen LogP contribution in [0.1, 0.15) is 25.1 Å². The van der Waals surface area contributed by atoms with Crippen molar-refractivity contribution in [3.8, 4) is 0 Å². The average Bonchev–Trinajstić information content (AvgIpc) is 1.99. The van der Waals surface area contributed by atoms with E-state index >= 15 is 0 Å². The second kappa shape index (κ2) is 5.97. The van der Waals surface area contributed by atoms with Gasteiger partial charge < -0.3 is 18.1 Å². The third-order valence-corrected chi connectivity index (χ3v) is 1.96. The molecule has 1 rings (SSSR count). The number of nitrogens with zero attached hydrogens (tertiary/aromatic N) is 1. The van der Waals surface area contributed by atoms with Crippen LogP contribution in [0.4, 0.5) is 12.9 Å². The molecule has 1 aromatic rings. The van der Waals surface area contributed by atoms with Gasteiger partial charge in [-0.15, -0.1) is 0 Å². The fourth-order valence-corrected chi connectivity index (χ4v) is 1.21. The number of hydrogen-bond donors (Lipinski definition) is 1. The third kappa shape index (κ3) is 5.79. The second-order valence-corrected chi connectivity index (χ2v) is 4.01. The minimum absolute atomic E-state index is 0. The van der Waals surface area contributed by atoms with Gasteiger partial charge in [-0.1, -0.05) is 0 Å². The zero-order chi connectivity index (χ0) is 11.7. The molecular weight excluding hydrogens is 245 g/mol. The van der Waals surface area contributed by atoms with Gasteiger partial charge in [0, 0.05) is 11.9 Å². The van der Waals surface area contributed by atoms with E-state index in [9.17, 15) is 18.1 Å². The minimum Gasteiger partial charge on any atom is -0.449 e. The summed E-state index contributed by atoms with van der Waals surface area (Å²) in [6, 6.07) is 2.79. The summed E-state index contributed by atoms with van der Waals surface area (Å²) in [5.41, 5.74) is -0.759. The van der Waals surface area contributed by atoms with Gasteiger partial charge in [0.1, 0.15) is 0 Å². The summed E-state index contributed by atoms with van der Waals surface area (Å²) in [4.78, 5) is 3.62. The van der Waals surface area contributed by atoms with Crippen LogP contribution in [0.2, 0.25) is 0 Å². The quantitative estimate of drug-likeness (QED) is 0.722. The molecular formula is C9H12BF3KNO. The first-order valence-corrected chi connectivity index (χ1v) is 4.57. The molecule has 0 bridgehead atoms. The minimum atomic E-state index is -4.88. The summed E-state index contributed by atoms with van der Waals surface area (Å²) in [7, 11) is 0.